The molecule has 1 aromatic heterocycles. The van der Waals surface area contributed by atoms with E-state index in [0.717, 1.165) is 11.8 Å². The van der Waals surface area contributed by atoms with Gasteiger partial charge in [0, 0.05) is 19.8 Å². The molecule has 1 aromatic rings. The fourth-order valence-electron chi connectivity index (χ4n) is 1.38. The standard InChI is InChI=1S/C11H19N3O4S/c1-8(2)6-18-5-3-4-14-10(17)12-13-11(14)19-7-9(15)16/h8H,3-7H2,1-2H3,(H,12,17)(H,15,16). The van der Waals surface area contributed by atoms with E-state index in [4.69, 9.17) is 9.84 Å². The van der Waals surface area contributed by atoms with E-state index in [9.17, 15) is 9.59 Å². The van der Waals surface area contributed by atoms with Crippen molar-refractivity contribution in [3.63, 3.8) is 0 Å². The number of rotatable bonds is 9. The first-order valence-electron chi connectivity index (χ1n) is 6.08. The summed E-state index contributed by atoms with van der Waals surface area (Å²) in [6.07, 6.45) is 0.687. The maximum absolute atomic E-state index is 11.5. The zero-order chi connectivity index (χ0) is 14.3. The van der Waals surface area contributed by atoms with Crippen LogP contribution in [0, 0.1) is 5.92 Å². The van der Waals surface area contributed by atoms with Crippen LogP contribution in [-0.2, 0) is 16.1 Å². The second kappa shape index (κ2) is 8.00. The number of carboxylic acid groups (broad SMARTS) is 1. The Labute approximate surface area is 115 Å². The summed E-state index contributed by atoms with van der Waals surface area (Å²) in [7, 11) is 0. The summed E-state index contributed by atoms with van der Waals surface area (Å²) < 4.78 is 6.86. The van der Waals surface area contributed by atoms with Crippen molar-refractivity contribution in [3.05, 3.63) is 10.5 Å². The molecule has 0 spiro atoms. The minimum absolute atomic E-state index is 0.117. The third-order valence-corrected chi connectivity index (χ3v) is 3.13. The van der Waals surface area contributed by atoms with Crippen LogP contribution >= 0.6 is 11.8 Å². The van der Waals surface area contributed by atoms with Crippen LogP contribution in [0.2, 0.25) is 0 Å². The molecule has 8 heteroatoms. The molecule has 108 valence electrons. The minimum Gasteiger partial charge on any atom is -0.481 e. The van der Waals surface area contributed by atoms with E-state index in [-0.39, 0.29) is 11.4 Å². The van der Waals surface area contributed by atoms with Crippen LogP contribution in [0.25, 0.3) is 0 Å². The van der Waals surface area contributed by atoms with E-state index < -0.39 is 5.97 Å². The highest BCUT2D eigenvalue weighted by atomic mass is 32.2. The molecule has 19 heavy (non-hydrogen) atoms. The summed E-state index contributed by atoms with van der Waals surface area (Å²) in [4.78, 5) is 22.0. The number of carbonyl (C=O) groups is 1. The van der Waals surface area contributed by atoms with Gasteiger partial charge in [-0.3, -0.25) is 9.36 Å². The molecule has 0 aliphatic heterocycles. The Bertz CT molecular complexity index is 455. The third kappa shape index (κ3) is 5.93. The van der Waals surface area contributed by atoms with Crippen LogP contribution in [0.4, 0.5) is 0 Å². The molecule has 0 aliphatic rings. The fourth-order valence-corrected chi connectivity index (χ4v) is 2.07. The van der Waals surface area contributed by atoms with Gasteiger partial charge < -0.3 is 9.84 Å². The topological polar surface area (TPSA) is 97.2 Å². The Morgan fingerprint density at radius 1 is 1.58 bits per heavy atom. The van der Waals surface area contributed by atoms with Gasteiger partial charge in [0.2, 0.25) is 0 Å². The van der Waals surface area contributed by atoms with Crippen LogP contribution in [0.3, 0.4) is 0 Å². The fraction of sp³-hybridized carbons (Fsp3) is 0.727. The molecule has 7 nitrogen and oxygen atoms in total. The van der Waals surface area contributed by atoms with Crippen LogP contribution in [-0.4, -0.2) is 44.8 Å². The SMILES string of the molecule is CC(C)COCCCn1c(SCC(=O)O)n[nH]c1=O. The number of aromatic nitrogens is 3. The smallest absolute Gasteiger partial charge is 0.343 e. The Balaban J connectivity index is 2.41. The second-order valence-corrected chi connectivity index (χ2v) is 5.41. The Morgan fingerprint density at radius 2 is 2.32 bits per heavy atom. The normalized spacial score (nSPS) is 11.1. The summed E-state index contributed by atoms with van der Waals surface area (Å²) in [6.45, 7) is 5.87. The van der Waals surface area contributed by atoms with Crippen LogP contribution < -0.4 is 5.69 Å². The second-order valence-electron chi connectivity index (χ2n) is 4.47. The lowest BCUT2D eigenvalue weighted by Gasteiger charge is -2.07. The number of ether oxygens (including phenoxy) is 1. The third-order valence-electron chi connectivity index (χ3n) is 2.17. The van der Waals surface area contributed by atoms with Gasteiger partial charge in [0.05, 0.1) is 5.75 Å². The van der Waals surface area contributed by atoms with E-state index in [1.165, 1.54) is 4.57 Å². The van der Waals surface area contributed by atoms with E-state index in [2.05, 4.69) is 24.0 Å². The van der Waals surface area contributed by atoms with Crippen molar-refractivity contribution < 1.29 is 14.6 Å². The number of thioether (sulfide) groups is 1. The van der Waals surface area contributed by atoms with Crippen molar-refractivity contribution in [1.29, 1.82) is 0 Å². The molecular weight excluding hydrogens is 270 g/mol. The van der Waals surface area contributed by atoms with Gasteiger partial charge in [-0.05, 0) is 12.3 Å². The van der Waals surface area contributed by atoms with Gasteiger partial charge in [-0.2, -0.15) is 0 Å². The van der Waals surface area contributed by atoms with Crippen molar-refractivity contribution >= 4 is 17.7 Å². The number of nitrogens with one attached hydrogen (secondary N) is 1. The predicted octanol–water partition coefficient (Wildman–Crippen LogP) is 0.811. The summed E-state index contributed by atoms with van der Waals surface area (Å²) in [6, 6.07) is 0. The van der Waals surface area contributed by atoms with Gasteiger partial charge >= 0.3 is 11.7 Å². The van der Waals surface area contributed by atoms with Gasteiger partial charge in [-0.25, -0.2) is 9.89 Å². The van der Waals surface area contributed by atoms with Gasteiger partial charge in [0.15, 0.2) is 5.16 Å². The van der Waals surface area contributed by atoms with E-state index in [0.29, 0.717) is 37.3 Å². The highest BCUT2D eigenvalue weighted by molar-refractivity contribution is 7.99. The van der Waals surface area contributed by atoms with Crippen molar-refractivity contribution in [2.45, 2.75) is 32.0 Å². The predicted molar refractivity (Wildman–Crippen MR) is 71.5 cm³/mol. The van der Waals surface area contributed by atoms with Gasteiger partial charge in [0.1, 0.15) is 0 Å². The molecule has 2 N–H and O–H groups in total. The summed E-state index contributed by atoms with van der Waals surface area (Å²) >= 11 is 1.02. The number of aliphatic carboxylic acids is 1. The number of hydrogen-bond acceptors (Lipinski definition) is 5. The van der Waals surface area contributed by atoms with Crippen molar-refractivity contribution in [1.82, 2.24) is 14.8 Å². The molecule has 0 aliphatic carbocycles. The molecule has 0 aromatic carbocycles. The molecule has 1 heterocycles. The number of aromatic amines is 1. The maximum atomic E-state index is 11.5. The monoisotopic (exact) mass is 289 g/mol. The van der Waals surface area contributed by atoms with Crippen LogP contribution in [0.1, 0.15) is 20.3 Å². The average Bonchev–Trinajstić information content (AvgIpc) is 2.67. The Morgan fingerprint density at radius 3 is 2.95 bits per heavy atom. The first kappa shape index (κ1) is 15.8. The lowest BCUT2D eigenvalue weighted by molar-refractivity contribution is -0.133. The summed E-state index contributed by atoms with van der Waals surface area (Å²) in [5.41, 5.74) is -0.322. The van der Waals surface area contributed by atoms with Crippen molar-refractivity contribution in [2.24, 2.45) is 5.92 Å². The molecule has 0 atom stereocenters. The largest absolute Gasteiger partial charge is 0.481 e. The minimum atomic E-state index is -0.938. The lowest BCUT2D eigenvalue weighted by Crippen LogP contribution is -2.19. The highest BCUT2D eigenvalue weighted by Crippen LogP contribution is 2.12. The van der Waals surface area contributed by atoms with E-state index >= 15 is 0 Å². The molecule has 0 fully saturated rings. The molecule has 0 bridgehead atoms. The van der Waals surface area contributed by atoms with E-state index in [1.807, 2.05) is 0 Å². The first-order chi connectivity index (χ1) is 9.00. The van der Waals surface area contributed by atoms with Gasteiger partial charge in [0.25, 0.3) is 0 Å². The van der Waals surface area contributed by atoms with Crippen molar-refractivity contribution in [3.8, 4) is 0 Å². The molecular formula is C11H19N3O4S. The Kier molecular flexibility index (Phi) is 6.65. The zero-order valence-electron chi connectivity index (χ0n) is 11.1. The molecule has 0 amide bonds. The maximum Gasteiger partial charge on any atom is 0.343 e. The molecule has 0 radical (unpaired) electrons. The summed E-state index contributed by atoms with van der Waals surface area (Å²) in [5, 5.41) is 15.1. The first-order valence-corrected chi connectivity index (χ1v) is 7.06. The van der Waals surface area contributed by atoms with Crippen molar-refractivity contribution in [2.75, 3.05) is 19.0 Å². The number of carboxylic acids is 1. The highest BCUT2D eigenvalue weighted by Gasteiger charge is 2.10. The van der Waals surface area contributed by atoms with Crippen LogP contribution in [0.15, 0.2) is 9.95 Å². The number of hydrogen-bond donors (Lipinski definition) is 2. The summed E-state index contributed by atoms with van der Waals surface area (Å²) in [5.74, 6) is -0.570. The quantitative estimate of drug-likeness (QED) is 0.516. The van der Waals surface area contributed by atoms with Gasteiger partial charge in [-0.15, -0.1) is 5.10 Å². The molecule has 1 rings (SSSR count). The van der Waals surface area contributed by atoms with Crippen LogP contribution in [0.5, 0.6) is 0 Å². The molecule has 0 unspecified atom stereocenters. The zero-order valence-corrected chi connectivity index (χ0v) is 11.9. The number of H-pyrrole nitrogens is 1. The lowest BCUT2D eigenvalue weighted by atomic mass is 10.2. The molecule has 0 saturated carbocycles. The van der Waals surface area contributed by atoms with E-state index in [1.54, 1.807) is 0 Å². The van der Waals surface area contributed by atoms with Gasteiger partial charge in [-0.1, -0.05) is 25.6 Å². The Hall–Kier alpha value is -1.28. The number of nitrogens with zero attached hydrogens (tertiary/aromatic N) is 2. The average molecular weight is 289 g/mol. The molecule has 0 saturated heterocycles.